The van der Waals surface area contributed by atoms with Crippen molar-refractivity contribution < 1.29 is 38.5 Å². The number of amides is 3. The first-order valence-electron chi connectivity index (χ1n) is 18.1. The Hall–Kier alpha value is -3.06. The molecule has 1 aromatic carbocycles. The smallest absolute Gasteiger partial charge is 0.313 e. The number of esters is 1. The van der Waals surface area contributed by atoms with E-state index in [1.807, 2.05) is 67.3 Å². The van der Waals surface area contributed by atoms with Gasteiger partial charge in [-0.25, -0.2) is 0 Å². The van der Waals surface area contributed by atoms with E-state index < -0.39 is 59.6 Å². The summed E-state index contributed by atoms with van der Waals surface area (Å²) in [5.74, 6) is -3.56. The molecule has 5 aliphatic rings. The van der Waals surface area contributed by atoms with Gasteiger partial charge in [0, 0.05) is 30.6 Å². The zero-order valence-electron chi connectivity index (χ0n) is 29.2. The van der Waals surface area contributed by atoms with Gasteiger partial charge in [0.1, 0.15) is 29.8 Å². The van der Waals surface area contributed by atoms with E-state index in [1.165, 1.54) is 12.0 Å². The fourth-order valence-corrected chi connectivity index (χ4v) is 9.54. The summed E-state index contributed by atoms with van der Waals surface area (Å²) in [5.41, 5.74) is -0.791. The second kappa shape index (κ2) is 15.7. The van der Waals surface area contributed by atoms with Crippen LogP contribution in [0.5, 0.6) is 0 Å². The van der Waals surface area contributed by atoms with Crippen LogP contribution in [0.15, 0.2) is 53.0 Å². The van der Waals surface area contributed by atoms with Gasteiger partial charge in [-0.3, -0.25) is 19.2 Å². The topological polar surface area (TPSA) is 135 Å². The normalized spacial score (nSPS) is 33.7. The van der Waals surface area contributed by atoms with Gasteiger partial charge in [0.2, 0.25) is 17.7 Å². The largest absolute Gasteiger partial charge is 0.455 e. The van der Waals surface area contributed by atoms with Crippen LogP contribution in [0.2, 0.25) is 0 Å². The average Bonchev–Trinajstić information content (AvgIpc) is 3.70. The molecule has 50 heavy (non-hydrogen) atoms. The van der Waals surface area contributed by atoms with Crippen LogP contribution in [0.25, 0.3) is 0 Å². The summed E-state index contributed by atoms with van der Waals surface area (Å²) in [6.07, 6.45) is 9.75. The molecule has 1 aromatic rings. The highest BCUT2D eigenvalue weighted by atomic mass is 79.9. The highest BCUT2D eigenvalue weighted by Gasteiger charge is 2.75. The Balaban J connectivity index is 1.48. The molecule has 0 radical (unpaired) electrons. The number of halogens is 1. The molecule has 2 saturated heterocycles. The molecule has 0 unspecified atom stereocenters. The molecule has 0 aromatic heterocycles. The average molecular weight is 757 g/mol. The molecule has 5 bridgehead atoms. The number of methoxy groups -OCH3 is 1. The van der Waals surface area contributed by atoms with Gasteiger partial charge >= 0.3 is 5.97 Å². The van der Waals surface area contributed by atoms with E-state index in [0.29, 0.717) is 29.4 Å². The Kier molecular flexibility index (Phi) is 11.5. The number of carbonyl (C=O) groups is 4. The summed E-state index contributed by atoms with van der Waals surface area (Å²) in [6, 6.07) is 6.64. The van der Waals surface area contributed by atoms with Gasteiger partial charge in [-0.2, -0.15) is 0 Å². The number of carbonyl (C=O) groups excluding carboxylic acids is 4. The predicted molar refractivity (Wildman–Crippen MR) is 189 cm³/mol. The molecule has 12 heteroatoms. The number of nitrogens with zero attached hydrogens (tertiary/aromatic N) is 2. The van der Waals surface area contributed by atoms with Crippen LogP contribution < -0.4 is 5.32 Å². The third-order valence-electron chi connectivity index (χ3n) is 11.0. The Morgan fingerprint density at radius 2 is 1.78 bits per heavy atom. The number of ether oxygens (including phenoxy) is 3. The zero-order chi connectivity index (χ0) is 35.6. The number of aliphatic hydroxyl groups is 1. The summed E-state index contributed by atoms with van der Waals surface area (Å²) in [6.45, 7) is 4.07. The number of hydrogen-bond donors (Lipinski definition) is 2. The minimum Gasteiger partial charge on any atom is -0.455 e. The van der Waals surface area contributed by atoms with Crippen molar-refractivity contribution in [2.45, 2.75) is 107 Å². The Morgan fingerprint density at radius 3 is 2.46 bits per heavy atom. The molecule has 272 valence electrons. The number of nitrogens with one attached hydrogen (secondary N) is 1. The summed E-state index contributed by atoms with van der Waals surface area (Å²) >= 11 is 3.64. The lowest BCUT2D eigenvalue weighted by molar-refractivity contribution is -0.163. The molecule has 2 N–H and O–H groups in total. The lowest BCUT2D eigenvalue weighted by Gasteiger charge is -2.42. The molecule has 8 atom stereocenters. The summed E-state index contributed by atoms with van der Waals surface area (Å²) in [4.78, 5) is 61.3. The lowest BCUT2D eigenvalue weighted by Crippen LogP contribution is -2.60. The van der Waals surface area contributed by atoms with Crippen LogP contribution >= 0.6 is 15.9 Å². The second-order valence-corrected chi connectivity index (χ2v) is 15.6. The van der Waals surface area contributed by atoms with Crippen molar-refractivity contribution in [1.29, 1.82) is 0 Å². The van der Waals surface area contributed by atoms with Crippen LogP contribution in [0, 0.1) is 17.8 Å². The third-order valence-corrected chi connectivity index (χ3v) is 11.6. The van der Waals surface area contributed by atoms with Gasteiger partial charge < -0.3 is 34.4 Å². The van der Waals surface area contributed by atoms with E-state index in [2.05, 4.69) is 21.2 Å². The van der Waals surface area contributed by atoms with Gasteiger partial charge in [-0.15, -0.1) is 0 Å². The van der Waals surface area contributed by atoms with Crippen LogP contribution in [-0.2, 0) is 33.4 Å². The van der Waals surface area contributed by atoms with E-state index >= 15 is 4.79 Å². The standard InChI is InChI=1S/C38H50BrN3O8/c1-23(2)19-26(21-43)42-34-36(46)41(25-15-9-5-10-16-25)18-12-6-11-17-29(44)40-28(22-48-3)32(24-13-7-4-8-14-24)49-37(47)30-31(35(42)45)38(34)20-27(39)33(30)50-38/h4,6-8,12-14,20,23,25-26,28,30-34,43H,5,9-11,15-19,21-22H2,1-3H3,(H,40,44)/b12-6-/t26-,28+,30-,31+,32+,33-,34-,38+/m1/s1. The van der Waals surface area contributed by atoms with Gasteiger partial charge in [-0.05, 0) is 43.2 Å². The number of aliphatic hydroxyl groups excluding tert-OH is 1. The van der Waals surface area contributed by atoms with Crippen LogP contribution in [-0.4, -0.2) is 101 Å². The fourth-order valence-electron chi connectivity index (χ4n) is 8.80. The molecule has 6 rings (SSSR count). The van der Waals surface area contributed by atoms with Crippen molar-refractivity contribution >= 4 is 39.6 Å². The number of likely N-dealkylation sites (tertiary alicyclic amines) is 1. The van der Waals surface area contributed by atoms with Gasteiger partial charge in [0.15, 0.2) is 0 Å². The molecule has 1 aliphatic carbocycles. The predicted octanol–water partition coefficient (Wildman–Crippen LogP) is 4.19. The summed E-state index contributed by atoms with van der Waals surface area (Å²) < 4.78 is 19.2. The third kappa shape index (κ3) is 6.92. The van der Waals surface area contributed by atoms with E-state index in [0.717, 1.165) is 32.1 Å². The second-order valence-electron chi connectivity index (χ2n) is 14.7. The number of fused-ring (bicyclic) bond motifs is 2. The SMILES string of the molecule is COC[C@@H]1NC(=O)CC/C=C\CN(C2CCCCC2)C(=O)[C@H]2N([C@@H](CO)CC(C)C)C(=O)[C@@H]3[C@@H](C(=O)O[C@H]1c1ccccc1)[C@@H]1O[C@@]32C=C1Br. The fraction of sp³-hybridized carbons (Fsp3) is 0.632. The Labute approximate surface area is 302 Å². The molecule has 3 fully saturated rings. The number of benzene rings is 1. The van der Waals surface area contributed by atoms with E-state index in [9.17, 15) is 19.5 Å². The van der Waals surface area contributed by atoms with Gasteiger partial charge in [0.25, 0.3) is 0 Å². The minimum atomic E-state index is -1.45. The monoisotopic (exact) mass is 755 g/mol. The molecule has 1 spiro atoms. The molecule has 4 heterocycles. The highest BCUT2D eigenvalue weighted by Crippen LogP contribution is 2.59. The van der Waals surface area contributed by atoms with E-state index in [1.54, 1.807) is 0 Å². The summed E-state index contributed by atoms with van der Waals surface area (Å²) in [7, 11) is 1.52. The van der Waals surface area contributed by atoms with Crippen molar-refractivity contribution in [3.8, 4) is 0 Å². The first kappa shape index (κ1) is 36.7. The van der Waals surface area contributed by atoms with Crippen LogP contribution in [0.4, 0.5) is 0 Å². The maximum atomic E-state index is 15.2. The van der Waals surface area contributed by atoms with Gasteiger partial charge in [0.05, 0.1) is 31.2 Å². The van der Waals surface area contributed by atoms with Crippen LogP contribution in [0.3, 0.4) is 0 Å². The van der Waals surface area contributed by atoms with Crippen molar-refractivity contribution in [2.75, 3.05) is 26.9 Å². The van der Waals surface area contributed by atoms with Crippen molar-refractivity contribution in [3.05, 3.63) is 58.6 Å². The molecule has 11 nitrogen and oxygen atoms in total. The van der Waals surface area contributed by atoms with Gasteiger partial charge in [-0.1, -0.05) is 91.5 Å². The van der Waals surface area contributed by atoms with E-state index in [4.69, 9.17) is 14.2 Å². The lowest BCUT2D eigenvalue weighted by atomic mass is 9.74. The Bertz CT molecular complexity index is 1480. The molecular weight excluding hydrogens is 706 g/mol. The maximum absolute atomic E-state index is 15.2. The molecule has 4 aliphatic heterocycles. The Morgan fingerprint density at radius 1 is 1.04 bits per heavy atom. The van der Waals surface area contributed by atoms with Crippen LogP contribution in [0.1, 0.15) is 76.9 Å². The quantitative estimate of drug-likeness (QED) is 0.298. The highest BCUT2D eigenvalue weighted by molar-refractivity contribution is 9.11. The summed E-state index contributed by atoms with van der Waals surface area (Å²) in [5, 5.41) is 13.8. The minimum absolute atomic E-state index is 0.0374. The maximum Gasteiger partial charge on any atom is 0.313 e. The molecule has 1 saturated carbocycles. The number of hydrogen-bond acceptors (Lipinski definition) is 8. The first-order valence-corrected chi connectivity index (χ1v) is 18.9. The number of cyclic esters (lactones) is 1. The molecule has 3 amide bonds. The zero-order valence-corrected chi connectivity index (χ0v) is 30.8. The molecular formula is C38H50BrN3O8. The van der Waals surface area contributed by atoms with E-state index in [-0.39, 0.29) is 43.4 Å². The number of allylic oxidation sites excluding steroid dienone is 1. The number of rotatable bonds is 8. The first-order chi connectivity index (χ1) is 24.1. The van der Waals surface area contributed by atoms with Crippen molar-refractivity contribution in [3.63, 3.8) is 0 Å². The van der Waals surface area contributed by atoms with Crippen molar-refractivity contribution in [2.24, 2.45) is 17.8 Å². The van der Waals surface area contributed by atoms with Crippen molar-refractivity contribution in [1.82, 2.24) is 15.1 Å².